The number of benzene rings is 2. The standard InChI is InChI=1S/C19H15ClN2O4S/c1-22-17(24)16(10-12-9-13(20)5-8-15(12)23)27-19(22)21-14-6-3-11(4-7-14)18(25)26-2/h3-10,23H,1-2H3. The van der Waals surface area contributed by atoms with Gasteiger partial charge in [0.1, 0.15) is 5.75 Å². The first-order chi connectivity index (χ1) is 12.9. The predicted octanol–water partition coefficient (Wildman–Crippen LogP) is 4.07. The molecule has 1 saturated heterocycles. The molecule has 0 spiro atoms. The molecule has 6 nitrogen and oxygen atoms in total. The second kappa shape index (κ2) is 7.85. The number of methoxy groups -OCH3 is 1. The van der Waals surface area contributed by atoms with E-state index in [2.05, 4.69) is 9.73 Å². The zero-order valence-electron chi connectivity index (χ0n) is 14.5. The molecule has 3 rings (SSSR count). The molecule has 1 amide bonds. The van der Waals surface area contributed by atoms with Crippen molar-refractivity contribution in [3.63, 3.8) is 0 Å². The molecule has 0 radical (unpaired) electrons. The molecule has 0 aromatic heterocycles. The van der Waals surface area contributed by atoms with Crippen molar-refractivity contribution in [1.29, 1.82) is 0 Å². The highest BCUT2D eigenvalue weighted by Crippen LogP contribution is 2.35. The molecule has 1 fully saturated rings. The van der Waals surface area contributed by atoms with E-state index in [0.29, 0.717) is 31.9 Å². The molecular weight excluding hydrogens is 388 g/mol. The number of halogens is 1. The summed E-state index contributed by atoms with van der Waals surface area (Å²) in [4.78, 5) is 30.2. The number of phenolic OH excluding ortho intramolecular Hbond substituents is 1. The number of carbonyl (C=O) groups is 2. The first-order valence-corrected chi connectivity index (χ1v) is 9.01. The maximum atomic E-state index is 12.5. The van der Waals surface area contributed by atoms with Gasteiger partial charge in [-0.2, -0.15) is 0 Å². The number of nitrogens with zero attached hydrogens (tertiary/aromatic N) is 2. The molecule has 1 aliphatic rings. The van der Waals surface area contributed by atoms with Crippen LogP contribution in [0.4, 0.5) is 5.69 Å². The minimum atomic E-state index is -0.428. The number of amidine groups is 1. The lowest BCUT2D eigenvalue weighted by atomic mass is 10.2. The zero-order chi connectivity index (χ0) is 19.6. The smallest absolute Gasteiger partial charge is 0.337 e. The van der Waals surface area contributed by atoms with Crippen molar-refractivity contribution in [1.82, 2.24) is 4.90 Å². The monoisotopic (exact) mass is 402 g/mol. The Balaban J connectivity index is 1.87. The third-order valence-corrected chi connectivity index (χ3v) is 5.09. The van der Waals surface area contributed by atoms with Gasteiger partial charge in [-0.3, -0.25) is 9.69 Å². The second-order valence-corrected chi connectivity index (χ2v) is 7.06. The highest BCUT2D eigenvalue weighted by Gasteiger charge is 2.30. The molecule has 138 valence electrons. The number of hydrogen-bond donors (Lipinski definition) is 1. The highest BCUT2D eigenvalue weighted by molar-refractivity contribution is 8.18. The summed E-state index contributed by atoms with van der Waals surface area (Å²) in [6.07, 6.45) is 1.58. The number of carbonyl (C=O) groups excluding carboxylic acids is 2. The first kappa shape index (κ1) is 19.0. The fourth-order valence-electron chi connectivity index (χ4n) is 2.33. The van der Waals surface area contributed by atoms with Crippen LogP contribution in [0.1, 0.15) is 15.9 Å². The predicted molar refractivity (Wildman–Crippen MR) is 106 cm³/mol. The van der Waals surface area contributed by atoms with Crippen molar-refractivity contribution in [2.24, 2.45) is 4.99 Å². The fraction of sp³-hybridized carbons (Fsp3) is 0.105. The van der Waals surface area contributed by atoms with Crippen molar-refractivity contribution in [2.75, 3.05) is 14.2 Å². The van der Waals surface area contributed by atoms with Crippen LogP contribution in [-0.2, 0) is 9.53 Å². The Morgan fingerprint density at radius 2 is 1.96 bits per heavy atom. The van der Waals surface area contributed by atoms with Crippen LogP contribution < -0.4 is 0 Å². The third-order valence-electron chi connectivity index (χ3n) is 3.79. The maximum Gasteiger partial charge on any atom is 0.337 e. The summed E-state index contributed by atoms with van der Waals surface area (Å²) in [6, 6.07) is 11.2. The number of amides is 1. The number of hydrogen-bond acceptors (Lipinski definition) is 6. The molecule has 0 bridgehead atoms. The Kier molecular flexibility index (Phi) is 5.53. The summed E-state index contributed by atoms with van der Waals surface area (Å²) < 4.78 is 4.66. The van der Waals surface area contributed by atoms with Gasteiger partial charge < -0.3 is 9.84 Å². The van der Waals surface area contributed by atoms with Crippen molar-refractivity contribution in [3.05, 3.63) is 63.5 Å². The third kappa shape index (κ3) is 4.15. The van der Waals surface area contributed by atoms with Crippen molar-refractivity contribution in [2.45, 2.75) is 0 Å². The molecule has 2 aromatic rings. The number of aliphatic imine (C=N–C) groups is 1. The van der Waals surface area contributed by atoms with Gasteiger partial charge in [-0.25, -0.2) is 9.79 Å². The van der Waals surface area contributed by atoms with E-state index in [1.165, 1.54) is 29.8 Å². The van der Waals surface area contributed by atoms with Crippen LogP contribution in [-0.4, -0.2) is 41.2 Å². The van der Waals surface area contributed by atoms with Crippen LogP contribution in [0.25, 0.3) is 6.08 Å². The van der Waals surface area contributed by atoms with Gasteiger partial charge in [-0.15, -0.1) is 0 Å². The van der Waals surface area contributed by atoms with Gasteiger partial charge in [0.15, 0.2) is 5.17 Å². The van der Waals surface area contributed by atoms with Gasteiger partial charge in [0, 0.05) is 17.6 Å². The quantitative estimate of drug-likeness (QED) is 0.618. The lowest BCUT2D eigenvalue weighted by Crippen LogP contribution is -2.23. The minimum Gasteiger partial charge on any atom is -0.507 e. The molecule has 2 aromatic carbocycles. The van der Waals surface area contributed by atoms with E-state index in [-0.39, 0.29) is 11.7 Å². The Hall–Kier alpha value is -2.77. The average Bonchev–Trinajstić information content (AvgIpc) is 2.92. The van der Waals surface area contributed by atoms with E-state index in [0.717, 1.165) is 0 Å². The molecular formula is C19H15ClN2O4S. The van der Waals surface area contributed by atoms with Gasteiger partial charge in [-0.1, -0.05) is 11.6 Å². The Labute approximate surface area is 165 Å². The number of thioether (sulfide) groups is 1. The van der Waals surface area contributed by atoms with E-state index in [1.54, 1.807) is 49.5 Å². The molecule has 0 saturated carbocycles. The maximum absolute atomic E-state index is 12.5. The summed E-state index contributed by atoms with van der Waals surface area (Å²) >= 11 is 7.14. The highest BCUT2D eigenvalue weighted by atomic mass is 35.5. The van der Waals surface area contributed by atoms with Crippen molar-refractivity contribution in [3.8, 4) is 5.75 Å². The molecule has 27 heavy (non-hydrogen) atoms. The Bertz CT molecular complexity index is 970. The molecule has 0 unspecified atom stereocenters. The van der Waals surface area contributed by atoms with Gasteiger partial charge in [-0.05, 0) is 60.3 Å². The number of phenols is 1. The molecule has 0 aliphatic carbocycles. The minimum absolute atomic E-state index is 0.0340. The van der Waals surface area contributed by atoms with E-state index in [1.807, 2.05) is 0 Å². The summed E-state index contributed by atoms with van der Waals surface area (Å²) in [7, 11) is 2.94. The van der Waals surface area contributed by atoms with E-state index in [9.17, 15) is 14.7 Å². The van der Waals surface area contributed by atoms with Crippen LogP contribution in [0.2, 0.25) is 5.02 Å². The van der Waals surface area contributed by atoms with Crippen molar-refractivity contribution < 1.29 is 19.4 Å². The Morgan fingerprint density at radius 1 is 1.26 bits per heavy atom. The molecule has 1 aliphatic heterocycles. The fourth-order valence-corrected chi connectivity index (χ4v) is 3.49. The van der Waals surface area contributed by atoms with E-state index >= 15 is 0 Å². The van der Waals surface area contributed by atoms with Gasteiger partial charge in [0.2, 0.25) is 0 Å². The summed E-state index contributed by atoms with van der Waals surface area (Å²) in [5.41, 5.74) is 1.47. The van der Waals surface area contributed by atoms with Crippen LogP contribution in [0.15, 0.2) is 52.4 Å². The zero-order valence-corrected chi connectivity index (χ0v) is 16.0. The lowest BCUT2D eigenvalue weighted by molar-refractivity contribution is -0.121. The van der Waals surface area contributed by atoms with Crippen molar-refractivity contribution >= 4 is 52.2 Å². The molecule has 1 heterocycles. The second-order valence-electron chi connectivity index (χ2n) is 5.61. The number of ether oxygens (including phenoxy) is 1. The van der Waals surface area contributed by atoms with E-state index in [4.69, 9.17) is 11.6 Å². The van der Waals surface area contributed by atoms with Crippen LogP contribution >= 0.6 is 23.4 Å². The van der Waals surface area contributed by atoms with Gasteiger partial charge in [0.25, 0.3) is 5.91 Å². The normalized spacial score (nSPS) is 17.0. The number of aromatic hydroxyl groups is 1. The molecule has 1 N–H and O–H groups in total. The average molecular weight is 403 g/mol. The largest absolute Gasteiger partial charge is 0.507 e. The Morgan fingerprint density at radius 3 is 2.63 bits per heavy atom. The molecule has 0 atom stereocenters. The first-order valence-electron chi connectivity index (χ1n) is 7.82. The number of rotatable bonds is 3. The van der Waals surface area contributed by atoms with Crippen LogP contribution in [0.3, 0.4) is 0 Å². The number of likely N-dealkylation sites (N-methyl/N-ethyl adjacent to an activating group) is 1. The SMILES string of the molecule is COC(=O)c1ccc(N=C2SC(=Cc3cc(Cl)ccc3O)C(=O)N2C)cc1. The lowest BCUT2D eigenvalue weighted by Gasteiger charge is -2.07. The van der Waals surface area contributed by atoms with Gasteiger partial charge in [0.05, 0.1) is 23.3 Å². The summed E-state index contributed by atoms with van der Waals surface area (Å²) in [5.74, 6) is -0.626. The number of esters is 1. The van der Waals surface area contributed by atoms with Crippen LogP contribution in [0, 0.1) is 0 Å². The topological polar surface area (TPSA) is 79.2 Å². The summed E-state index contributed by atoms with van der Waals surface area (Å²) in [6.45, 7) is 0. The van der Waals surface area contributed by atoms with E-state index < -0.39 is 5.97 Å². The summed E-state index contributed by atoms with van der Waals surface area (Å²) in [5, 5.41) is 10.9. The van der Waals surface area contributed by atoms with Crippen LogP contribution in [0.5, 0.6) is 5.75 Å². The van der Waals surface area contributed by atoms with Gasteiger partial charge >= 0.3 is 5.97 Å². The molecule has 8 heteroatoms.